The molecule has 3 aromatic carbocycles. The standard InChI is InChI=1S/C19H12Cl2O/c20-16-9-11(10-17(21)19(16)22)18-14-7-3-1-5-12(14)13-6-2-4-8-15(13)18/h1-10,18,22H. The zero-order chi connectivity index (χ0) is 15.3. The number of fused-ring (bicyclic) bond motifs is 3. The van der Waals surface area contributed by atoms with Crippen LogP contribution in [0.2, 0.25) is 10.0 Å². The molecule has 0 spiro atoms. The van der Waals surface area contributed by atoms with Crippen LogP contribution in [0.5, 0.6) is 5.75 Å². The van der Waals surface area contributed by atoms with Crippen molar-refractivity contribution in [2.75, 3.05) is 0 Å². The second-order valence-corrected chi connectivity index (χ2v) is 6.26. The number of benzene rings is 3. The Bertz CT molecular complexity index is 818. The largest absolute Gasteiger partial charge is 0.505 e. The summed E-state index contributed by atoms with van der Waals surface area (Å²) in [5.41, 5.74) is 5.94. The van der Waals surface area contributed by atoms with Gasteiger partial charge in [-0.05, 0) is 39.9 Å². The minimum atomic E-state index is -0.0633. The summed E-state index contributed by atoms with van der Waals surface area (Å²) in [4.78, 5) is 0. The second kappa shape index (κ2) is 5.05. The van der Waals surface area contributed by atoms with Gasteiger partial charge in [0.05, 0.1) is 10.0 Å². The molecule has 3 aromatic rings. The predicted octanol–water partition coefficient (Wildman–Crippen LogP) is 5.86. The van der Waals surface area contributed by atoms with Gasteiger partial charge in [-0.1, -0.05) is 71.7 Å². The van der Waals surface area contributed by atoms with Crippen LogP contribution in [0.3, 0.4) is 0 Å². The molecule has 0 radical (unpaired) electrons. The summed E-state index contributed by atoms with van der Waals surface area (Å²) in [5.74, 6) is 0.0228. The van der Waals surface area contributed by atoms with Crippen LogP contribution in [0.15, 0.2) is 60.7 Å². The molecule has 0 amide bonds. The first-order valence-electron chi connectivity index (χ1n) is 7.03. The van der Waals surface area contributed by atoms with Crippen molar-refractivity contribution in [1.82, 2.24) is 0 Å². The van der Waals surface area contributed by atoms with Crippen molar-refractivity contribution in [2.24, 2.45) is 0 Å². The van der Waals surface area contributed by atoms with Crippen molar-refractivity contribution in [1.29, 1.82) is 0 Å². The summed E-state index contributed by atoms with van der Waals surface area (Å²) in [6.07, 6.45) is 0. The third-order valence-corrected chi connectivity index (χ3v) is 4.78. The molecule has 3 heteroatoms. The van der Waals surface area contributed by atoms with E-state index in [0.29, 0.717) is 0 Å². The van der Waals surface area contributed by atoms with Gasteiger partial charge >= 0.3 is 0 Å². The number of halogens is 2. The van der Waals surface area contributed by atoms with E-state index in [1.165, 1.54) is 22.3 Å². The summed E-state index contributed by atoms with van der Waals surface area (Å²) in [7, 11) is 0. The van der Waals surface area contributed by atoms with Gasteiger partial charge in [-0.2, -0.15) is 0 Å². The smallest absolute Gasteiger partial charge is 0.152 e. The fraction of sp³-hybridized carbons (Fsp3) is 0.0526. The first kappa shape index (κ1) is 13.7. The van der Waals surface area contributed by atoms with Crippen LogP contribution in [0.25, 0.3) is 11.1 Å². The van der Waals surface area contributed by atoms with Crippen molar-refractivity contribution in [3.63, 3.8) is 0 Å². The molecule has 1 N–H and O–H groups in total. The molecule has 1 aliphatic rings. The molecular weight excluding hydrogens is 315 g/mol. The maximum atomic E-state index is 9.80. The topological polar surface area (TPSA) is 20.2 Å². The Morgan fingerprint density at radius 2 is 1.18 bits per heavy atom. The van der Waals surface area contributed by atoms with Gasteiger partial charge in [-0.3, -0.25) is 0 Å². The third-order valence-electron chi connectivity index (χ3n) is 4.21. The van der Waals surface area contributed by atoms with Crippen LogP contribution < -0.4 is 0 Å². The Morgan fingerprint density at radius 3 is 1.68 bits per heavy atom. The fourth-order valence-corrected chi connectivity index (χ4v) is 3.77. The Hall–Kier alpha value is -1.96. The first-order chi connectivity index (χ1) is 10.7. The average molecular weight is 327 g/mol. The van der Waals surface area contributed by atoms with Gasteiger partial charge in [0.2, 0.25) is 0 Å². The van der Waals surface area contributed by atoms with E-state index in [0.717, 1.165) is 5.56 Å². The van der Waals surface area contributed by atoms with E-state index in [1.807, 2.05) is 12.1 Å². The molecule has 0 aliphatic heterocycles. The molecule has 0 aromatic heterocycles. The van der Waals surface area contributed by atoms with E-state index in [4.69, 9.17) is 23.2 Å². The van der Waals surface area contributed by atoms with Crippen LogP contribution in [0.1, 0.15) is 22.6 Å². The second-order valence-electron chi connectivity index (χ2n) is 5.44. The third kappa shape index (κ3) is 1.93. The highest BCUT2D eigenvalue weighted by atomic mass is 35.5. The highest BCUT2D eigenvalue weighted by Gasteiger charge is 2.30. The highest BCUT2D eigenvalue weighted by molar-refractivity contribution is 6.37. The van der Waals surface area contributed by atoms with Crippen LogP contribution in [0.4, 0.5) is 0 Å². The number of phenolic OH excluding ortho intramolecular Hbond substituents is 1. The van der Waals surface area contributed by atoms with Gasteiger partial charge in [0.15, 0.2) is 5.75 Å². The predicted molar refractivity (Wildman–Crippen MR) is 90.9 cm³/mol. The molecular formula is C19H12Cl2O. The van der Waals surface area contributed by atoms with Gasteiger partial charge in [0.1, 0.15) is 0 Å². The molecule has 0 bridgehead atoms. The lowest BCUT2D eigenvalue weighted by molar-refractivity contribution is 0.475. The quantitative estimate of drug-likeness (QED) is 0.464. The maximum Gasteiger partial charge on any atom is 0.152 e. The van der Waals surface area contributed by atoms with Gasteiger partial charge in [0, 0.05) is 5.92 Å². The Kier molecular flexibility index (Phi) is 3.14. The number of aromatic hydroxyl groups is 1. The van der Waals surface area contributed by atoms with Crippen LogP contribution in [-0.4, -0.2) is 5.11 Å². The van der Waals surface area contributed by atoms with Gasteiger partial charge in [0.25, 0.3) is 0 Å². The number of hydrogen-bond donors (Lipinski definition) is 1. The molecule has 4 rings (SSSR count). The summed E-state index contributed by atoms with van der Waals surface area (Å²) in [5, 5.41) is 10.4. The van der Waals surface area contributed by atoms with Gasteiger partial charge < -0.3 is 5.11 Å². The summed E-state index contributed by atoms with van der Waals surface area (Å²) < 4.78 is 0. The molecule has 0 unspecified atom stereocenters. The summed E-state index contributed by atoms with van der Waals surface area (Å²) in [6.45, 7) is 0. The van der Waals surface area contributed by atoms with Crippen molar-refractivity contribution >= 4 is 23.2 Å². The van der Waals surface area contributed by atoms with E-state index in [9.17, 15) is 5.11 Å². The Morgan fingerprint density at radius 1 is 0.727 bits per heavy atom. The number of phenols is 1. The molecule has 0 fully saturated rings. The first-order valence-corrected chi connectivity index (χ1v) is 7.78. The molecule has 0 atom stereocenters. The molecule has 1 aliphatic carbocycles. The lowest BCUT2D eigenvalue weighted by Crippen LogP contribution is -1.99. The van der Waals surface area contributed by atoms with E-state index in [2.05, 4.69) is 36.4 Å². The van der Waals surface area contributed by atoms with Crippen molar-refractivity contribution in [3.8, 4) is 16.9 Å². The van der Waals surface area contributed by atoms with Crippen molar-refractivity contribution in [2.45, 2.75) is 5.92 Å². The SMILES string of the molecule is Oc1c(Cl)cc(C2c3ccccc3-c3ccccc32)cc1Cl. The molecule has 1 nitrogen and oxygen atoms in total. The zero-order valence-electron chi connectivity index (χ0n) is 11.6. The van der Waals surface area contributed by atoms with E-state index in [1.54, 1.807) is 12.1 Å². The lowest BCUT2D eigenvalue weighted by atomic mass is 9.89. The van der Waals surface area contributed by atoms with Crippen LogP contribution in [0, 0.1) is 0 Å². The van der Waals surface area contributed by atoms with Gasteiger partial charge in [-0.15, -0.1) is 0 Å². The average Bonchev–Trinajstić information content (AvgIpc) is 2.87. The Balaban J connectivity index is 2.00. The normalized spacial score (nSPS) is 13.0. The monoisotopic (exact) mass is 326 g/mol. The van der Waals surface area contributed by atoms with Crippen molar-refractivity contribution in [3.05, 3.63) is 87.4 Å². The van der Waals surface area contributed by atoms with Crippen LogP contribution in [-0.2, 0) is 0 Å². The molecule has 0 saturated carbocycles. The minimum absolute atomic E-state index is 0.0633. The molecule has 0 saturated heterocycles. The van der Waals surface area contributed by atoms with E-state index < -0.39 is 0 Å². The van der Waals surface area contributed by atoms with E-state index in [-0.39, 0.29) is 21.7 Å². The minimum Gasteiger partial charge on any atom is -0.505 e. The molecule has 108 valence electrons. The fourth-order valence-electron chi connectivity index (χ4n) is 3.27. The maximum absolute atomic E-state index is 9.80. The van der Waals surface area contributed by atoms with Crippen LogP contribution >= 0.6 is 23.2 Å². The highest BCUT2D eigenvalue weighted by Crippen LogP contribution is 2.49. The number of rotatable bonds is 1. The number of hydrogen-bond acceptors (Lipinski definition) is 1. The summed E-state index contributed by atoms with van der Waals surface area (Å²) >= 11 is 12.2. The Labute approximate surface area is 138 Å². The summed E-state index contributed by atoms with van der Waals surface area (Å²) in [6, 6.07) is 20.3. The van der Waals surface area contributed by atoms with Gasteiger partial charge in [-0.25, -0.2) is 0 Å². The zero-order valence-corrected chi connectivity index (χ0v) is 13.1. The van der Waals surface area contributed by atoms with E-state index >= 15 is 0 Å². The molecule has 22 heavy (non-hydrogen) atoms. The van der Waals surface area contributed by atoms with Crippen molar-refractivity contribution < 1.29 is 5.11 Å². The lowest BCUT2D eigenvalue weighted by Gasteiger charge is -2.15. The molecule has 0 heterocycles.